The van der Waals surface area contributed by atoms with Gasteiger partial charge in [0.1, 0.15) is 0 Å². The van der Waals surface area contributed by atoms with E-state index in [1.54, 1.807) is 0 Å². The van der Waals surface area contributed by atoms with Crippen molar-refractivity contribution in [1.82, 2.24) is 29.8 Å². The number of carbonyl (C=O) groups is 1. The van der Waals surface area contributed by atoms with E-state index in [2.05, 4.69) is 26.4 Å². The number of benzene rings is 1. The van der Waals surface area contributed by atoms with Crippen LogP contribution < -0.4 is 0 Å². The molecule has 7 heteroatoms. The number of para-hydroxylation sites is 1. The first-order valence-electron chi connectivity index (χ1n) is 10.7. The molecular formula is C22H28N6O. The standard InChI is InChI=1S/C22H28N6O/c29-22(20-13-23-21-6-2-1-5-19(20)21)27-11-7-17(8-12-27)14-28-16-18(24-25-28)15-26-9-3-4-10-26/h1-2,5-6,13,16-17,23H,3-4,7-12,14-15H2. The summed E-state index contributed by atoms with van der Waals surface area (Å²) >= 11 is 0. The minimum atomic E-state index is 0.134. The Kier molecular flexibility index (Phi) is 5.06. The van der Waals surface area contributed by atoms with Gasteiger partial charge in [0.2, 0.25) is 0 Å². The predicted octanol–water partition coefficient (Wildman–Crippen LogP) is 2.91. The zero-order chi connectivity index (χ0) is 19.6. The van der Waals surface area contributed by atoms with Gasteiger partial charge in [-0.1, -0.05) is 23.4 Å². The van der Waals surface area contributed by atoms with Crippen LogP contribution in [0.15, 0.2) is 36.7 Å². The minimum Gasteiger partial charge on any atom is -0.360 e. The number of hydrogen-bond acceptors (Lipinski definition) is 4. The van der Waals surface area contributed by atoms with Crippen molar-refractivity contribution in [2.75, 3.05) is 26.2 Å². The molecule has 0 bridgehead atoms. The molecule has 5 rings (SSSR count). The maximum Gasteiger partial charge on any atom is 0.256 e. The van der Waals surface area contributed by atoms with E-state index >= 15 is 0 Å². The Hall–Kier alpha value is -2.67. The van der Waals surface area contributed by atoms with E-state index in [1.807, 2.05) is 40.0 Å². The number of nitrogens with one attached hydrogen (secondary N) is 1. The van der Waals surface area contributed by atoms with Crippen molar-refractivity contribution in [3.05, 3.63) is 47.9 Å². The molecule has 2 fully saturated rings. The molecule has 2 aliphatic heterocycles. The van der Waals surface area contributed by atoms with Gasteiger partial charge in [0.15, 0.2) is 0 Å². The average molecular weight is 393 g/mol. The van der Waals surface area contributed by atoms with E-state index in [9.17, 15) is 4.79 Å². The molecule has 3 aromatic rings. The van der Waals surface area contributed by atoms with Gasteiger partial charge in [0.05, 0.1) is 11.3 Å². The Bertz CT molecular complexity index is 978. The molecule has 4 heterocycles. The SMILES string of the molecule is O=C(c1c[nH]c2ccccc12)N1CCC(Cn2cc(CN3CCCC3)nn2)CC1. The Balaban J connectivity index is 1.15. The number of nitrogens with zero attached hydrogens (tertiary/aromatic N) is 5. The molecule has 0 radical (unpaired) electrons. The van der Waals surface area contributed by atoms with Crippen LogP contribution in [0.1, 0.15) is 41.7 Å². The first-order chi connectivity index (χ1) is 14.3. The summed E-state index contributed by atoms with van der Waals surface area (Å²) in [5.74, 6) is 0.679. The van der Waals surface area contributed by atoms with Crippen molar-refractivity contribution in [3.63, 3.8) is 0 Å². The van der Waals surface area contributed by atoms with Gasteiger partial charge in [0.25, 0.3) is 5.91 Å². The molecule has 152 valence electrons. The van der Waals surface area contributed by atoms with Gasteiger partial charge in [-0.2, -0.15) is 0 Å². The highest BCUT2D eigenvalue weighted by molar-refractivity contribution is 6.06. The summed E-state index contributed by atoms with van der Waals surface area (Å²) in [4.78, 5) is 20.6. The Morgan fingerprint density at radius 1 is 1.10 bits per heavy atom. The van der Waals surface area contributed by atoms with Crippen LogP contribution in [-0.2, 0) is 13.1 Å². The maximum atomic E-state index is 13.0. The molecule has 0 aliphatic carbocycles. The zero-order valence-electron chi connectivity index (χ0n) is 16.8. The van der Waals surface area contributed by atoms with Crippen LogP contribution in [0, 0.1) is 5.92 Å². The number of aromatic amines is 1. The highest BCUT2D eigenvalue weighted by atomic mass is 16.2. The van der Waals surface area contributed by atoms with Gasteiger partial charge in [-0.05, 0) is 50.8 Å². The number of piperidine rings is 1. The Morgan fingerprint density at radius 3 is 2.72 bits per heavy atom. The molecule has 0 atom stereocenters. The molecule has 1 amide bonds. The van der Waals surface area contributed by atoms with Gasteiger partial charge in [-0.3, -0.25) is 14.4 Å². The van der Waals surface area contributed by atoms with Crippen molar-refractivity contribution in [2.45, 2.75) is 38.8 Å². The number of H-pyrrole nitrogens is 1. The third-order valence-corrected chi connectivity index (χ3v) is 6.34. The fourth-order valence-corrected chi connectivity index (χ4v) is 4.67. The summed E-state index contributed by atoms with van der Waals surface area (Å²) in [6.07, 6.45) is 8.55. The van der Waals surface area contributed by atoms with Crippen LogP contribution in [0.3, 0.4) is 0 Å². The van der Waals surface area contributed by atoms with Crippen molar-refractivity contribution < 1.29 is 4.79 Å². The summed E-state index contributed by atoms with van der Waals surface area (Å²) in [6.45, 7) is 5.77. The van der Waals surface area contributed by atoms with Gasteiger partial charge >= 0.3 is 0 Å². The fourth-order valence-electron chi connectivity index (χ4n) is 4.67. The highest BCUT2D eigenvalue weighted by Gasteiger charge is 2.25. The van der Waals surface area contributed by atoms with E-state index in [4.69, 9.17) is 0 Å². The molecule has 2 aromatic heterocycles. The topological polar surface area (TPSA) is 70.1 Å². The summed E-state index contributed by atoms with van der Waals surface area (Å²) < 4.78 is 1.99. The monoisotopic (exact) mass is 392 g/mol. The average Bonchev–Trinajstić information content (AvgIpc) is 3.50. The third-order valence-electron chi connectivity index (χ3n) is 6.34. The van der Waals surface area contributed by atoms with Crippen LogP contribution in [0.4, 0.5) is 0 Å². The quantitative estimate of drug-likeness (QED) is 0.725. The normalized spacial score (nSPS) is 18.7. The van der Waals surface area contributed by atoms with Gasteiger partial charge < -0.3 is 9.88 Å². The number of amides is 1. The molecule has 1 N–H and O–H groups in total. The second-order valence-electron chi connectivity index (χ2n) is 8.40. The van der Waals surface area contributed by atoms with Crippen molar-refractivity contribution in [2.24, 2.45) is 5.92 Å². The molecule has 0 saturated carbocycles. The molecule has 2 aliphatic rings. The van der Waals surface area contributed by atoms with Crippen LogP contribution in [-0.4, -0.2) is 61.9 Å². The fraction of sp³-hybridized carbons (Fsp3) is 0.500. The summed E-state index contributed by atoms with van der Waals surface area (Å²) in [5, 5.41) is 9.70. The molecule has 2 saturated heterocycles. The first-order valence-corrected chi connectivity index (χ1v) is 10.7. The lowest BCUT2D eigenvalue weighted by Crippen LogP contribution is -2.39. The van der Waals surface area contributed by atoms with Crippen molar-refractivity contribution >= 4 is 16.8 Å². The van der Waals surface area contributed by atoms with Crippen molar-refractivity contribution in [3.8, 4) is 0 Å². The first kappa shape index (κ1) is 18.4. The number of carbonyl (C=O) groups excluding carboxylic acids is 1. The number of rotatable bonds is 5. The summed E-state index contributed by atoms with van der Waals surface area (Å²) in [5.41, 5.74) is 2.86. The molecule has 0 unspecified atom stereocenters. The Labute approximate surface area is 170 Å². The second kappa shape index (κ2) is 7.99. The van der Waals surface area contributed by atoms with Crippen molar-refractivity contribution in [1.29, 1.82) is 0 Å². The molecule has 7 nitrogen and oxygen atoms in total. The Morgan fingerprint density at radius 2 is 1.90 bits per heavy atom. The number of aromatic nitrogens is 4. The van der Waals surface area contributed by atoms with Gasteiger partial charge in [0, 0.05) is 49.5 Å². The molecular weight excluding hydrogens is 364 g/mol. The van der Waals surface area contributed by atoms with Gasteiger partial charge in [-0.15, -0.1) is 5.10 Å². The van der Waals surface area contributed by atoms with Crippen LogP contribution in [0.2, 0.25) is 0 Å². The second-order valence-corrected chi connectivity index (χ2v) is 8.40. The van der Waals surface area contributed by atoms with E-state index in [0.717, 1.165) is 61.2 Å². The maximum absolute atomic E-state index is 13.0. The lowest BCUT2D eigenvalue weighted by atomic mass is 9.96. The molecule has 1 aromatic carbocycles. The van der Waals surface area contributed by atoms with E-state index in [1.165, 1.54) is 25.9 Å². The zero-order valence-corrected chi connectivity index (χ0v) is 16.8. The van der Waals surface area contributed by atoms with E-state index in [0.29, 0.717) is 5.92 Å². The minimum absolute atomic E-state index is 0.134. The lowest BCUT2D eigenvalue weighted by molar-refractivity contribution is 0.0683. The van der Waals surface area contributed by atoms with E-state index in [-0.39, 0.29) is 5.91 Å². The molecule has 29 heavy (non-hydrogen) atoms. The number of hydrogen-bond donors (Lipinski definition) is 1. The summed E-state index contributed by atoms with van der Waals surface area (Å²) in [6, 6.07) is 7.99. The van der Waals surface area contributed by atoms with Crippen LogP contribution in [0.25, 0.3) is 10.9 Å². The van der Waals surface area contributed by atoms with E-state index < -0.39 is 0 Å². The number of fused-ring (bicyclic) bond motifs is 1. The lowest BCUT2D eigenvalue weighted by Gasteiger charge is -2.31. The predicted molar refractivity (Wildman–Crippen MR) is 111 cm³/mol. The molecule has 0 spiro atoms. The van der Waals surface area contributed by atoms with Crippen LogP contribution in [0.5, 0.6) is 0 Å². The van der Waals surface area contributed by atoms with Crippen LogP contribution >= 0.6 is 0 Å². The van der Waals surface area contributed by atoms with Gasteiger partial charge in [-0.25, -0.2) is 0 Å². The summed E-state index contributed by atoms with van der Waals surface area (Å²) in [7, 11) is 0. The largest absolute Gasteiger partial charge is 0.360 e. The number of likely N-dealkylation sites (tertiary alicyclic amines) is 2. The highest BCUT2D eigenvalue weighted by Crippen LogP contribution is 2.24. The smallest absolute Gasteiger partial charge is 0.256 e. The third kappa shape index (κ3) is 3.92.